The van der Waals surface area contributed by atoms with E-state index in [0.29, 0.717) is 23.4 Å². The molecule has 0 fully saturated rings. The molecule has 0 rings (SSSR count). The zero-order valence-corrected chi connectivity index (χ0v) is 8.50. The fraction of sp³-hybridized carbons (Fsp3) is 0.167. The van der Waals surface area contributed by atoms with Crippen molar-refractivity contribution in [2.24, 2.45) is 0 Å². The van der Waals surface area contributed by atoms with Gasteiger partial charge in [0.2, 0.25) is 0 Å². The monoisotopic (exact) mass is 234 g/mol. The SMILES string of the molecule is C/C=C/C=C/C(=O)[O][SbH2]. The number of carbonyl (C=O) groups excluding carboxylic acids is 1. The molecule has 0 saturated heterocycles. The van der Waals surface area contributed by atoms with Crippen molar-refractivity contribution in [3.8, 4) is 0 Å². The molecule has 0 amide bonds. The van der Waals surface area contributed by atoms with Gasteiger partial charge in [-0.15, -0.1) is 0 Å². The first-order valence-corrected chi connectivity index (χ1v) is 3.86. The van der Waals surface area contributed by atoms with Gasteiger partial charge in [-0.2, -0.15) is 0 Å². The van der Waals surface area contributed by atoms with Crippen molar-refractivity contribution < 1.29 is 7.81 Å². The number of carbonyl (C=O) groups is 1. The number of rotatable bonds is 2. The van der Waals surface area contributed by atoms with Gasteiger partial charge in [0.05, 0.1) is 0 Å². The Kier molecular flexibility index (Phi) is 5.75. The van der Waals surface area contributed by atoms with E-state index in [4.69, 9.17) is 0 Å². The van der Waals surface area contributed by atoms with Gasteiger partial charge >= 0.3 is 68.4 Å². The summed E-state index contributed by atoms with van der Waals surface area (Å²) >= 11 is 0.523. The van der Waals surface area contributed by atoms with Crippen molar-refractivity contribution in [3.63, 3.8) is 0 Å². The van der Waals surface area contributed by atoms with Gasteiger partial charge in [0.15, 0.2) is 0 Å². The topological polar surface area (TPSA) is 26.3 Å². The molecule has 0 heterocycles. The molecule has 3 heteroatoms. The molecule has 2 nitrogen and oxygen atoms in total. The van der Waals surface area contributed by atoms with Gasteiger partial charge in [-0.1, -0.05) is 0 Å². The molecule has 0 spiro atoms. The van der Waals surface area contributed by atoms with E-state index in [0.717, 1.165) is 0 Å². The third kappa shape index (κ3) is 5.64. The van der Waals surface area contributed by atoms with Crippen LogP contribution in [-0.2, 0) is 7.81 Å². The minimum absolute atomic E-state index is 0.268. The average Bonchev–Trinajstić information content (AvgIpc) is 1.89. The van der Waals surface area contributed by atoms with Gasteiger partial charge in [0.1, 0.15) is 0 Å². The van der Waals surface area contributed by atoms with Gasteiger partial charge in [0, 0.05) is 0 Å². The van der Waals surface area contributed by atoms with Gasteiger partial charge in [-0.05, 0) is 0 Å². The summed E-state index contributed by atoms with van der Waals surface area (Å²) in [6, 6.07) is 0. The Morgan fingerprint density at radius 1 is 1.56 bits per heavy atom. The van der Waals surface area contributed by atoms with Crippen molar-refractivity contribution in [2.75, 3.05) is 0 Å². The molecule has 0 atom stereocenters. The molecule has 0 bridgehead atoms. The Hall–Kier alpha value is -0.232. The van der Waals surface area contributed by atoms with E-state index in [9.17, 15) is 4.79 Å². The fourth-order valence-corrected chi connectivity index (χ4v) is 0.509. The van der Waals surface area contributed by atoms with Gasteiger partial charge in [-0.3, -0.25) is 0 Å². The van der Waals surface area contributed by atoms with Crippen molar-refractivity contribution in [1.29, 1.82) is 0 Å². The summed E-state index contributed by atoms with van der Waals surface area (Å²) in [6.45, 7) is 1.88. The van der Waals surface area contributed by atoms with Crippen LogP contribution in [0, 0.1) is 0 Å². The molecular weight excluding hydrogens is 226 g/mol. The molecule has 0 aliphatic rings. The van der Waals surface area contributed by atoms with Crippen LogP contribution in [0.3, 0.4) is 0 Å². The molecule has 0 aromatic rings. The van der Waals surface area contributed by atoms with Crippen LogP contribution >= 0.6 is 0 Å². The van der Waals surface area contributed by atoms with Crippen molar-refractivity contribution in [1.82, 2.24) is 0 Å². The van der Waals surface area contributed by atoms with Crippen LogP contribution in [-0.4, -0.2) is 29.4 Å². The van der Waals surface area contributed by atoms with Crippen LogP contribution in [0.5, 0.6) is 0 Å². The van der Waals surface area contributed by atoms with Crippen LogP contribution < -0.4 is 0 Å². The van der Waals surface area contributed by atoms with E-state index in [1.165, 1.54) is 6.08 Å². The summed E-state index contributed by atoms with van der Waals surface area (Å²) in [5.74, 6) is -0.268. The van der Waals surface area contributed by atoms with Gasteiger partial charge in [0.25, 0.3) is 0 Å². The van der Waals surface area contributed by atoms with Gasteiger partial charge < -0.3 is 0 Å². The second-order valence-electron chi connectivity index (χ2n) is 1.32. The molecule has 0 aliphatic carbocycles. The van der Waals surface area contributed by atoms with E-state index in [2.05, 4.69) is 3.02 Å². The predicted molar refractivity (Wildman–Crippen MR) is 38.6 cm³/mol. The molecule has 0 saturated carbocycles. The number of hydrogen-bond acceptors (Lipinski definition) is 2. The molecule has 0 N–H and O–H groups in total. The Labute approximate surface area is 68.6 Å². The second-order valence-corrected chi connectivity index (χ2v) is 1.99. The maximum absolute atomic E-state index is 10.4. The van der Waals surface area contributed by atoms with E-state index >= 15 is 0 Å². The molecule has 0 aromatic carbocycles. The van der Waals surface area contributed by atoms with Crippen LogP contribution in [0.25, 0.3) is 0 Å². The first kappa shape index (κ1) is 8.77. The van der Waals surface area contributed by atoms with Crippen molar-refractivity contribution in [3.05, 3.63) is 24.3 Å². The maximum atomic E-state index is 10.4. The Morgan fingerprint density at radius 3 is 2.67 bits per heavy atom. The Balaban J connectivity index is 3.57. The fourth-order valence-electron chi connectivity index (χ4n) is 0.285. The summed E-state index contributed by atoms with van der Waals surface area (Å²) in [6.07, 6.45) is 6.66. The summed E-state index contributed by atoms with van der Waals surface area (Å²) in [4.78, 5) is 10.4. The van der Waals surface area contributed by atoms with E-state index in [1.807, 2.05) is 13.0 Å². The van der Waals surface area contributed by atoms with Crippen LogP contribution in [0.1, 0.15) is 6.92 Å². The summed E-state index contributed by atoms with van der Waals surface area (Å²) < 4.78 is 4.47. The minimum atomic E-state index is -0.268. The molecule has 50 valence electrons. The third-order valence-corrected chi connectivity index (χ3v) is 1.32. The molecular formula is C6H9O2Sb. The van der Waals surface area contributed by atoms with Crippen LogP contribution in [0.4, 0.5) is 0 Å². The second kappa shape index (κ2) is 5.90. The van der Waals surface area contributed by atoms with Crippen molar-refractivity contribution in [2.45, 2.75) is 6.92 Å². The van der Waals surface area contributed by atoms with E-state index < -0.39 is 0 Å². The quantitative estimate of drug-likeness (QED) is 0.388. The molecule has 0 aromatic heterocycles. The van der Waals surface area contributed by atoms with E-state index in [-0.39, 0.29) is 5.97 Å². The summed E-state index contributed by atoms with van der Waals surface area (Å²) in [5, 5.41) is 0. The average molecular weight is 235 g/mol. The first-order chi connectivity index (χ1) is 4.31. The zero-order chi connectivity index (χ0) is 7.11. The van der Waals surface area contributed by atoms with Crippen LogP contribution in [0.2, 0.25) is 0 Å². The van der Waals surface area contributed by atoms with Gasteiger partial charge in [-0.25, -0.2) is 0 Å². The summed E-state index contributed by atoms with van der Waals surface area (Å²) in [5.41, 5.74) is 0. The van der Waals surface area contributed by atoms with Crippen LogP contribution in [0.15, 0.2) is 24.3 Å². The standard InChI is InChI=1S/C6H8O2.Sb.2H/c1-2-3-4-5-6(7)8;;;/h2-5H,1H3,(H,7,8);;;/q;+1;;/p-1/b3-2+,5-4+;;;. The molecule has 9 heavy (non-hydrogen) atoms. The molecule has 0 unspecified atom stereocenters. The predicted octanol–water partition coefficient (Wildman–Crippen LogP) is 0.210. The first-order valence-electron chi connectivity index (χ1n) is 2.51. The molecule has 0 radical (unpaired) electrons. The number of hydrogen-bond donors (Lipinski definition) is 0. The summed E-state index contributed by atoms with van der Waals surface area (Å²) in [7, 11) is 0. The normalized spacial score (nSPS) is 10.9. The number of allylic oxidation sites excluding steroid dienone is 3. The van der Waals surface area contributed by atoms with E-state index in [1.54, 1.807) is 12.2 Å². The Bertz CT molecular complexity index is 138. The molecule has 0 aliphatic heterocycles. The third-order valence-electron chi connectivity index (χ3n) is 0.652. The zero-order valence-electron chi connectivity index (χ0n) is 5.20. The Morgan fingerprint density at radius 2 is 2.22 bits per heavy atom. The van der Waals surface area contributed by atoms with Crippen molar-refractivity contribution >= 4 is 29.4 Å².